The Balaban J connectivity index is 1.49. The number of aromatic nitrogens is 2. The summed E-state index contributed by atoms with van der Waals surface area (Å²) in [5, 5.41) is 12.6. The van der Waals surface area contributed by atoms with Crippen LogP contribution in [0, 0.1) is 0 Å². The van der Waals surface area contributed by atoms with Crippen molar-refractivity contribution in [3.8, 4) is 0 Å². The second kappa shape index (κ2) is 13.9. The molecule has 238 valence electrons. The van der Waals surface area contributed by atoms with Crippen LogP contribution in [-0.2, 0) is 20.8 Å². The number of hydrogen-bond acceptors (Lipinski definition) is 8. The molecule has 1 aliphatic heterocycles. The summed E-state index contributed by atoms with van der Waals surface area (Å²) in [6.45, 7) is -1.92. The zero-order chi connectivity index (χ0) is 32.1. The molecule has 0 radical (unpaired) electrons. The van der Waals surface area contributed by atoms with Gasteiger partial charge in [-0.3, -0.25) is 4.79 Å². The van der Waals surface area contributed by atoms with Crippen molar-refractivity contribution in [1.82, 2.24) is 15.3 Å². The topological polar surface area (TPSA) is 122 Å². The van der Waals surface area contributed by atoms with Crippen LogP contribution in [0.1, 0.15) is 59.0 Å². The Hall–Kier alpha value is -3.69. The maximum atomic E-state index is 13.0. The quantitative estimate of drug-likeness (QED) is 0.288. The molecule has 0 aliphatic carbocycles. The van der Waals surface area contributed by atoms with E-state index in [4.69, 9.17) is 0 Å². The lowest BCUT2D eigenvalue weighted by atomic mass is 9.88. The van der Waals surface area contributed by atoms with E-state index in [9.17, 15) is 40.3 Å². The number of ether oxygens (including phenoxy) is 1. The standard InChI is InChI=1S/C29H31F5N4O5S/c1-2-44(41,42)24-11-6-18(7-12-24)25(16-39)37-26(40)19-3-8-22(9-4-19)38-15-20(5-10-23(38)17-43-28(30)31)21-13-35-27(36-14-21)29(32,33)34/h3-4,6-9,11-14,20,23,25,28,39H,2,5,10,15-17H2,1H3,(H,37,40)/t20?,23-,25-/m0/s1. The van der Waals surface area contributed by atoms with E-state index in [1.54, 1.807) is 17.0 Å². The third kappa shape index (κ3) is 8.07. The fourth-order valence-electron chi connectivity index (χ4n) is 5.02. The van der Waals surface area contributed by atoms with Crippen LogP contribution in [0.15, 0.2) is 65.8 Å². The van der Waals surface area contributed by atoms with Crippen molar-refractivity contribution in [2.45, 2.75) is 55.5 Å². The number of nitrogens with zero attached hydrogens (tertiary/aromatic N) is 3. The smallest absolute Gasteiger partial charge is 0.394 e. The minimum Gasteiger partial charge on any atom is -0.394 e. The van der Waals surface area contributed by atoms with Crippen LogP contribution in [0.3, 0.4) is 0 Å². The van der Waals surface area contributed by atoms with Crippen molar-refractivity contribution in [1.29, 1.82) is 0 Å². The molecule has 1 aromatic heterocycles. The van der Waals surface area contributed by atoms with Crippen molar-refractivity contribution < 1.29 is 45.0 Å². The number of benzene rings is 2. The summed E-state index contributed by atoms with van der Waals surface area (Å²) in [7, 11) is -3.41. The van der Waals surface area contributed by atoms with Crippen LogP contribution in [0.2, 0.25) is 0 Å². The fraction of sp³-hybridized carbons (Fsp3) is 0.414. The maximum absolute atomic E-state index is 13.0. The number of halogens is 5. The van der Waals surface area contributed by atoms with Crippen molar-refractivity contribution >= 4 is 21.4 Å². The first kappa shape index (κ1) is 33.2. The van der Waals surface area contributed by atoms with E-state index < -0.39 is 53.0 Å². The number of alkyl halides is 5. The van der Waals surface area contributed by atoms with Gasteiger partial charge in [0.1, 0.15) is 0 Å². The van der Waals surface area contributed by atoms with E-state index >= 15 is 0 Å². The highest BCUT2D eigenvalue weighted by atomic mass is 32.2. The van der Waals surface area contributed by atoms with E-state index in [1.807, 2.05) is 0 Å². The van der Waals surface area contributed by atoms with Crippen molar-refractivity contribution in [2.24, 2.45) is 0 Å². The number of amides is 1. The van der Waals surface area contributed by atoms with E-state index in [-0.39, 0.29) is 35.3 Å². The molecule has 2 heterocycles. The highest BCUT2D eigenvalue weighted by Gasteiger charge is 2.35. The van der Waals surface area contributed by atoms with Gasteiger partial charge in [0, 0.05) is 36.1 Å². The molecule has 0 spiro atoms. The van der Waals surface area contributed by atoms with E-state index in [0.717, 1.165) is 12.4 Å². The largest absolute Gasteiger partial charge is 0.451 e. The minimum atomic E-state index is -4.68. The van der Waals surface area contributed by atoms with Gasteiger partial charge >= 0.3 is 12.8 Å². The SMILES string of the molecule is CCS(=O)(=O)c1ccc([C@H](CO)NC(=O)c2ccc(N3CC(c4cnc(C(F)(F)F)nc4)CC[C@H]3COC(F)F)cc2)cc1. The maximum Gasteiger partial charge on any atom is 0.451 e. The van der Waals surface area contributed by atoms with Gasteiger partial charge in [0.2, 0.25) is 5.82 Å². The molecule has 4 rings (SSSR count). The van der Waals surface area contributed by atoms with Gasteiger partial charge in [-0.05, 0) is 60.4 Å². The molecule has 2 N–H and O–H groups in total. The van der Waals surface area contributed by atoms with Gasteiger partial charge in [-0.1, -0.05) is 19.1 Å². The number of hydrogen-bond donors (Lipinski definition) is 2. The Morgan fingerprint density at radius 1 is 1.07 bits per heavy atom. The van der Waals surface area contributed by atoms with Crippen LogP contribution < -0.4 is 10.2 Å². The highest BCUT2D eigenvalue weighted by molar-refractivity contribution is 7.91. The molecule has 0 bridgehead atoms. The third-order valence-electron chi connectivity index (χ3n) is 7.49. The first-order valence-electron chi connectivity index (χ1n) is 13.7. The van der Waals surface area contributed by atoms with E-state index in [1.165, 1.54) is 43.3 Å². The van der Waals surface area contributed by atoms with Crippen molar-refractivity contribution in [3.63, 3.8) is 0 Å². The number of aliphatic hydroxyl groups excluding tert-OH is 1. The summed E-state index contributed by atoms with van der Waals surface area (Å²) in [5.74, 6) is -2.12. The number of carbonyl (C=O) groups is 1. The molecule has 3 atom stereocenters. The van der Waals surface area contributed by atoms with E-state index in [0.29, 0.717) is 29.7 Å². The second-order valence-corrected chi connectivity index (χ2v) is 12.5. The molecular weight excluding hydrogens is 611 g/mol. The predicted molar refractivity (Wildman–Crippen MR) is 150 cm³/mol. The molecule has 0 saturated carbocycles. The van der Waals surface area contributed by atoms with Crippen molar-refractivity contribution in [2.75, 3.05) is 30.4 Å². The Bertz CT molecular complexity index is 1510. The van der Waals surface area contributed by atoms with Crippen LogP contribution in [0.25, 0.3) is 0 Å². The van der Waals surface area contributed by atoms with Gasteiger partial charge in [-0.25, -0.2) is 18.4 Å². The molecule has 1 fully saturated rings. The minimum absolute atomic E-state index is 0.0654. The zero-order valence-corrected chi connectivity index (χ0v) is 24.4. The molecule has 9 nitrogen and oxygen atoms in total. The molecule has 1 unspecified atom stereocenters. The number of aliphatic hydroxyl groups is 1. The molecule has 2 aromatic carbocycles. The summed E-state index contributed by atoms with van der Waals surface area (Å²) in [6.07, 6.45) is -1.55. The summed E-state index contributed by atoms with van der Waals surface area (Å²) in [6, 6.07) is 10.9. The average molecular weight is 643 g/mol. The van der Waals surface area contributed by atoms with E-state index in [2.05, 4.69) is 20.0 Å². The molecule has 1 saturated heterocycles. The van der Waals surface area contributed by atoms with Gasteiger partial charge in [-0.2, -0.15) is 22.0 Å². The van der Waals surface area contributed by atoms with Crippen LogP contribution >= 0.6 is 0 Å². The summed E-state index contributed by atoms with van der Waals surface area (Å²) >= 11 is 0. The van der Waals surface area contributed by atoms with Gasteiger partial charge in [-0.15, -0.1) is 0 Å². The van der Waals surface area contributed by atoms with Gasteiger partial charge < -0.3 is 20.1 Å². The normalized spacial score (nSPS) is 18.3. The average Bonchev–Trinajstić information content (AvgIpc) is 3.02. The molecular formula is C29H31F5N4O5S. The van der Waals surface area contributed by atoms with Crippen LogP contribution in [0.4, 0.5) is 27.6 Å². The Labute approximate surface area is 251 Å². The summed E-state index contributed by atoms with van der Waals surface area (Å²) in [4.78, 5) is 21.8. The predicted octanol–water partition coefficient (Wildman–Crippen LogP) is 4.74. The summed E-state index contributed by atoms with van der Waals surface area (Å²) < 4.78 is 93.1. The van der Waals surface area contributed by atoms with Crippen molar-refractivity contribution in [3.05, 3.63) is 83.4 Å². The Morgan fingerprint density at radius 3 is 2.25 bits per heavy atom. The van der Waals surface area contributed by atoms with Gasteiger partial charge in [0.05, 0.1) is 35.9 Å². The number of nitrogens with one attached hydrogen (secondary N) is 1. The summed E-state index contributed by atoms with van der Waals surface area (Å²) in [5.41, 5.74) is 1.79. The molecule has 1 amide bonds. The van der Waals surface area contributed by atoms with Crippen LogP contribution in [0.5, 0.6) is 0 Å². The Morgan fingerprint density at radius 2 is 1.70 bits per heavy atom. The molecule has 1 aliphatic rings. The third-order valence-corrected chi connectivity index (χ3v) is 9.24. The fourth-order valence-corrected chi connectivity index (χ4v) is 5.91. The highest BCUT2D eigenvalue weighted by Crippen LogP contribution is 2.34. The number of piperidine rings is 1. The Kier molecular flexibility index (Phi) is 10.5. The molecule has 3 aromatic rings. The number of carbonyl (C=O) groups excluding carboxylic acids is 1. The van der Waals surface area contributed by atoms with Gasteiger partial charge in [0.15, 0.2) is 9.84 Å². The van der Waals surface area contributed by atoms with Crippen LogP contribution in [-0.4, -0.2) is 67.6 Å². The lowest BCUT2D eigenvalue weighted by Gasteiger charge is -2.41. The lowest BCUT2D eigenvalue weighted by molar-refractivity contribution is -0.145. The number of anilines is 1. The lowest BCUT2D eigenvalue weighted by Crippen LogP contribution is -2.45. The first-order valence-corrected chi connectivity index (χ1v) is 15.4. The molecule has 44 heavy (non-hydrogen) atoms. The first-order chi connectivity index (χ1) is 20.8. The second-order valence-electron chi connectivity index (χ2n) is 10.2. The molecule has 15 heteroatoms. The zero-order valence-electron chi connectivity index (χ0n) is 23.5. The van der Waals surface area contributed by atoms with Gasteiger partial charge in [0.25, 0.3) is 5.91 Å². The monoisotopic (exact) mass is 642 g/mol. The number of sulfone groups is 1. The number of rotatable bonds is 11.